The second-order valence-corrected chi connectivity index (χ2v) is 15.0. The number of piperidine rings is 1. The average molecular weight is 753 g/mol. The minimum atomic E-state index is -0.868. The van der Waals surface area contributed by atoms with Crippen LogP contribution < -0.4 is 14.4 Å². The number of β-amino-alcohol motifs (C(OH)–C–C–N with tert-alkyl or cyclic N) is 1. The fourth-order valence-electron chi connectivity index (χ4n) is 7.64. The molecule has 1 fully saturated rings. The van der Waals surface area contributed by atoms with E-state index in [9.17, 15) is 9.90 Å². The van der Waals surface area contributed by atoms with Crippen molar-refractivity contribution in [1.29, 1.82) is 0 Å². The number of carbonyl (C=O) groups excluding carboxylic acids is 1. The van der Waals surface area contributed by atoms with Gasteiger partial charge in [0.05, 0.1) is 58.8 Å². The zero-order valence-electron chi connectivity index (χ0n) is 32.7. The Hall–Kier alpha value is -4.61. The predicted octanol–water partition coefficient (Wildman–Crippen LogP) is 7.50. The summed E-state index contributed by atoms with van der Waals surface area (Å²) >= 11 is 0. The van der Waals surface area contributed by atoms with Crippen molar-refractivity contribution in [3.8, 4) is 11.5 Å². The van der Waals surface area contributed by atoms with Crippen LogP contribution in [0.5, 0.6) is 11.5 Å². The van der Waals surface area contributed by atoms with E-state index in [1.54, 1.807) is 19.1 Å². The molecule has 294 valence electrons. The first-order valence-corrected chi connectivity index (χ1v) is 19.3. The lowest BCUT2D eigenvalue weighted by Crippen LogP contribution is -2.53. The third kappa shape index (κ3) is 10.6. The molecule has 1 saturated heterocycles. The number of fused-ring (bicyclic) bond motifs is 1. The third-order valence-electron chi connectivity index (χ3n) is 10.5. The Kier molecular flexibility index (Phi) is 14.1. The van der Waals surface area contributed by atoms with E-state index in [0.717, 1.165) is 66.3 Å². The summed E-state index contributed by atoms with van der Waals surface area (Å²) < 4.78 is 35.0. The highest BCUT2D eigenvalue weighted by atomic mass is 16.6. The van der Waals surface area contributed by atoms with Gasteiger partial charge in [-0.3, -0.25) is 0 Å². The highest BCUT2D eigenvalue weighted by Gasteiger charge is 2.40. The Morgan fingerprint density at radius 2 is 1.60 bits per heavy atom. The zero-order valence-corrected chi connectivity index (χ0v) is 32.7. The topological polar surface area (TPSA) is 99.2 Å². The fourth-order valence-corrected chi connectivity index (χ4v) is 7.64. The fraction of sp³-hybridized carbons (Fsp3) is 0.444. The number of aliphatic hydroxyl groups excluding tert-OH is 1. The van der Waals surface area contributed by atoms with Crippen LogP contribution in [0, 0.1) is 0 Å². The highest BCUT2D eigenvalue weighted by Crippen LogP contribution is 2.41. The lowest BCUT2D eigenvalue weighted by Gasteiger charge is -2.41. The summed E-state index contributed by atoms with van der Waals surface area (Å²) in [7, 11) is 3.40. The second kappa shape index (κ2) is 19.3. The Morgan fingerprint density at radius 1 is 0.818 bits per heavy atom. The molecule has 2 aliphatic rings. The number of methoxy groups -OCH3 is 2. The summed E-state index contributed by atoms with van der Waals surface area (Å²) in [6, 6.07) is 31.8. The lowest BCUT2D eigenvalue weighted by atomic mass is 9.84. The number of aliphatic hydroxyl groups is 1. The maximum Gasteiger partial charge on any atom is 0.410 e. The van der Waals surface area contributed by atoms with Crippen LogP contribution in [-0.4, -0.2) is 88.5 Å². The molecule has 4 aromatic rings. The van der Waals surface area contributed by atoms with Crippen LogP contribution >= 0.6 is 0 Å². The van der Waals surface area contributed by atoms with E-state index >= 15 is 0 Å². The molecule has 0 saturated carbocycles. The predicted molar refractivity (Wildman–Crippen MR) is 213 cm³/mol. The van der Waals surface area contributed by atoms with E-state index in [2.05, 4.69) is 36.9 Å². The lowest BCUT2D eigenvalue weighted by molar-refractivity contribution is -0.0692. The van der Waals surface area contributed by atoms with Crippen molar-refractivity contribution in [2.75, 3.05) is 65.1 Å². The number of para-hydroxylation sites is 1. The summed E-state index contributed by atoms with van der Waals surface area (Å²) in [4.78, 5) is 17.3. The Labute approximate surface area is 325 Å². The Balaban J connectivity index is 1.10. The molecule has 0 radical (unpaired) electrons. The van der Waals surface area contributed by atoms with Gasteiger partial charge in [-0.2, -0.15) is 0 Å². The SMILES string of the molecule is COCCCN1CC(C)(C)c2ccc(CO[C@H]3CN(C(=O)OCc4ccccc4)C[C@@H](O)[C@@H]3c3ccc(OCCCOCc4ccccc4OC)cc3)cc21. The van der Waals surface area contributed by atoms with Crippen molar-refractivity contribution < 1.29 is 38.3 Å². The summed E-state index contributed by atoms with van der Waals surface area (Å²) in [6.45, 7) is 9.61. The summed E-state index contributed by atoms with van der Waals surface area (Å²) in [5.41, 5.74) is 6.47. The van der Waals surface area contributed by atoms with Crippen molar-refractivity contribution in [2.24, 2.45) is 0 Å². The van der Waals surface area contributed by atoms with Gasteiger partial charge in [-0.15, -0.1) is 0 Å². The molecular weight excluding hydrogens is 697 g/mol. The van der Waals surface area contributed by atoms with Crippen LogP contribution in [0.3, 0.4) is 0 Å². The van der Waals surface area contributed by atoms with Gasteiger partial charge in [-0.05, 0) is 52.9 Å². The first-order chi connectivity index (χ1) is 26.8. The maximum atomic E-state index is 13.3. The molecule has 55 heavy (non-hydrogen) atoms. The molecule has 3 atom stereocenters. The van der Waals surface area contributed by atoms with E-state index in [1.807, 2.05) is 78.9 Å². The average Bonchev–Trinajstić information content (AvgIpc) is 3.46. The second-order valence-electron chi connectivity index (χ2n) is 15.0. The van der Waals surface area contributed by atoms with Crippen LogP contribution in [0.2, 0.25) is 0 Å². The molecule has 6 rings (SSSR count). The normalized spacial score (nSPS) is 18.9. The van der Waals surface area contributed by atoms with Gasteiger partial charge in [0.25, 0.3) is 0 Å². The molecular formula is C45H56N2O8. The first kappa shape index (κ1) is 40.1. The number of amides is 1. The highest BCUT2D eigenvalue weighted by molar-refractivity contribution is 5.68. The standard InChI is InChI=1S/C45H56N2O8/c1-45(2)32-46(22-10-23-50-3)39-26-34(16-21-38(39)45)30-54-42-28-47(44(49)55-29-33-12-6-5-7-13-33)27-40(48)43(42)35-17-19-37(20-18-35)53-25-11-24-52-31-36-14-8-9-15-41(36)51-4/h5-9,12-21,26,40,42-43,48H,10-11,22-25,27-32H2,1-4H3/t40-,42+,43+/m1/s1. The van der Waals surface area contributed by atoms with E-state index in [-0.39, 0.29) is 31.0 Å². The summed E-state index contributed by atoms with van der Waals surface area (Å²) in [6.07, 6.45) is -0.143. The van der Waals surface area contributed by atoms with E-state index in [4.69, 9.17) is 28.4 Å². The van der Waals surface area contributed by atoms with E-state index < -0.39 is 18.3 Å². The number of anilines is 1. The van der Waals surface area contributed by atoms with Crippen molar-refractivity contribution in [3.05, 3.63) is 125 Å². The molecule has 2 aliphatic heterocycles. The van der Waals surface area contributed by atoms with Gasteiger partial charge in [0.15, 0.2) is 0 Å². The molecule has 10 nitrogen and oxygen atoms in total. The molecule has 1 N–H and O–H groups in total. The molecule has 0 spiro atoms. The van der Waals surface area contributed by atoms with E-state index in [1.165, 1.54) is 11.3 Å². The Bertz CT molecular complexity index is 1800. The molecule has 0 bridgehead atoms. The number of rotatable bonds is 18. The van der Waals surface area contributed by atoms with Crippen molar-refractivity contribution in [1.82, 2.24) is 4.90 Å². The van der Waals surface area contributed by atoms with Crippen molar-refractivity contribution in [3.63, 3.8) is 0 Å². The molecule has 0 aliphatic carbocycles. The van der Waals surface area contributed by atoms with Gasteiger partial charge < -0.3 is 43.3 Å². The molecule has 2 heterocycles. The van der Waals surface area contributed by atoms with Gasteiger partial charge in [0.1, 0.15) is 18.1 Å². The molecule has 0 unspecified atom stereocenters. The van der Waals surface area contributed by atoms with Crippen molar-refractivity contribution >= 4 is 11.8 Å². The number of ether oxygens (including phenoxy) is 6. The van der Waals surface area contributed by atoms with Gasteiger partial charge >= 0.3 is 6.09 Å². The first-order valence-electron chi connectivity index (χ1n) is 19.3. The maximum absolute atomic E-state index is 13.3. The Morgan fingerprint density at radius 3 is 2.38 bits per heavy atom. The molecule has 0 aromatic heterocycles. The van der Waals surface area contributed by atoms with Gasteiger partial charge in [-0.1, -0.05) is 86.6 Å². The zero-order chi connectivity index (χ0) is 38.6. The smallest absolute Gasteiger partial charge is 0.410 e. The molecule has 4 aromatic carbocycles. The van der Waals surface area contributed by atoms with Crippen LogP contribution in [-0.2, 0) is 44.2 Å². The number of hydrogen-bond donors (Lipinski definition) is 1. The third-order valence-corrected chi connectivity index (χ3v) is 10.5. The summed E-state index contributed by atoms with van der Waals surface area (Å²) in [5.74, 6) is 1.19. The number of likely N-dealkylation sites (tertiary alicyclic amines) is 1. The van der Waals surface area contributed by atoms with Gasteiger partial charge in [0.2, 0.25) is 0 Å². The minimum Gasteiger partial charge on any atom is -0.496 e. The largest absolute Gasteiger partial charge is 0.496 e. The number of nitrogens with zero attached hydrogens (tertiary/aromatic N) is 2. The number of benzene rings is 4. The van der Waals surface area contributed by atoms with Crippen LogP contribution in [0.1, 0.15) is 60.4 Å². The van der Waals surface area contributed by atoms with Crippen LogP contribution in [0.25, 0.3) is 0 Å². The monoisotopic (exact) mass is 752 g/mol. The molecule has 1 amide bonds. The summed E-state index contributed by atoms with van der Waals surface area (Å²) in [5, 5.41) is 11.6. The quantitative estimate of drug-likeness (QED) is 0.104. The van der Waals surface area contributed by atoms with Crippen molar-refractivity contribution in [2.45, 2.75) is 70.1 Å². The van der Waals surface area contributed by atoms with Gasteiger partial charge in [-0.25, -0.2) is 4.79 Å². The number of hydrogen-bond acceptors (Lipinski definition) is 9. The van der Waals surface area contributed by atoms with Crippen LogP contribution in [0.15, 0.2) is 97.1 Å². The van der Waals surface area contributed by atoms with Crippen LogP contribution in [0.4, 0.5) is 10.5 Å². The van der Waals surface area contributed by atoms with Gasteiger partial charge in [0, 0.05) is 55.8 Å². The number of carbonyl (C=O) groups is 1. The molecule has 10 heteroatoms. The van der Waals surface area contributed by atoms with E-state index in [0.29, 0.717) is 26.4 Å². The minimum absolute atomic E-state index is 0.0433.